The van der Waals surface area contributed by atoms with Crippen LogP contribution in [0, 0.1) is 28.9 Å². The van der Waals surface area contributed by atoms with E-state index in [1.54, 1.807) is 19.1 Å². The first kappa shape index (κ1) is 23.4. The van der Waals surface area contributed by atoms with Crippen LogP contribution in [0.1, 0.15) is 47.4 Å². The highest BCUT2D eigenvalue weighted by Crippen LogP contribution is 2.44. The molecule has 2 heterocycles. The zero-order chi connectivity index (χ0) is 25.2. The Morgan fingerprint density at radius 1 is 1.08 bits per heavy atom. The van der Waals surface area contributed by atoms with Crippen LogP contribution in [0.15, 0.2) is 72.8 Å². The van der Waals surface area contributed by atoms with E-state index in [4.69, 9.17) is 0 Å². The lowest BCUT2D eigenvalue weighted by molar-refractivity contribution is -0.385. The third-order valence-electron chi connectivity index (χ3n) is 6.97. The van der Waals surface area contributed by atoms with Crippen molar-refractivity contribution in [3.05, 3.63) is 99.7 Å². The first-order chi connectivity index (χ1) is 17.5. The van der Waals surface area contributed by atoms with Gasteiger partial charge >= 0.3 is 0 Å². The normalized spacial score (nSPS) is 15.1. The number of carbonyl (C=O) groups excluding carboxylic acids is 1. The van der Waals surface area contributed by atoms with Gasteiger partial charge in [0.25, 0.3) is 11.6 Å². The number of amides is 1. The highest BCUT2D eigenvalue weighted by Gasteiger charge is 2.36. The summed E-state index contributed by atoms with van der Waals surface area (Å²) in [4.78, 5) is 26.7. The molecule has 0 saturated carbocycles. The number of para-hydroxylation sites is 1. The Bertz CT molecular complexity index is 1530. The van der Waals surface area contributed by atoms with Crippen LogP contribution in [0.4, 0.5) is 5.69 Å². The molecule has 6 heteroatoms. The number of nitrogens with zero attached hydrogens (tertiary/aromatic N) is 3. The lowest BCUT2D eigenvalue weighted by Gasteiger charge is -2.27. The standard InChI is InChI=1S/C30H27N3O3/c1-3-4-18-31-25-14-9-8-13-24(25)28(22-11-6-5-7-12-22)29(31)26-15-10-19-32(26)30(34)23-17-16-21(2)27(20-23)33(35)36/h5-9,11-14,16-17,20,26H,10,15,18-19H2,1-2H3. The Hall–Kier alpha value is -4.37. The van der Waals surface area contributed by atoms with Crippen LogP contribution in [0.25, 0.3) is 22.0 Å². The summed E-state index contributed by atoms with van der Waals surface area (Å²) in [5, 5.41) is 12.6. The van der Waals surface area contributed by atoms with Crippen LogP contribution in [0.5, 0.6) is 0 Å². The molecule has 0 spiro atoms. The topological polar surface area (TPSA) is 68.4 Å². The van der Waals surface area contributed by atoms with Gasteiger partial charge < -0.3 is 9.47 Å². The predicted octanol–water partition coefficient (Wildman–Crippen LogP) is 6.53. The summed E-state index contributed by atoms with van der Waals surface area (Å²) in [7, 11) is 0. The summed E-state index contributed by atoms with van der Waals surface area (Å²) < 4.78 is 2.24. The Morgan fingerprint density at radius 2 is 1.83 bits per heavy atom. The molecule has 1 aliphatic rings. The van der Waals surface area contributed by atoms with Gasteiger partial charge in [-0.1, -0.05) is 60.5 Å². The zero-order valence-corrected chi connectivity index (χ0v) is 20.4. The van der Waals surface area contributed by atoms with Crippen molar-refractivity contribution in [2.24, 2.45) is 0 Å². The average Bonchev–Trinajstić information content (AvgIpc) is 3.50. The Kier molecular flexibility index (Phi) is 6.30. The van der Waals surface area contributed by atoms with Gasteiger partial charge in [-0.05, 0) is 44.4 Å². The van der Waals surface area contributed by atoms with Gasteiger partial charge in [0, 0.05) is 40.2 Å². The minimum Gasteiger partial charge on any atom is -0.330 e. The molecule has 6 nitrogen and oxygen atoms in total. The summed E-state index contributed by atoms with van der Waals surface area (Å²) in [6.45, 7) is 4.64. The van der Waals surface area contributed by atoms with Gasteiger partial charge in [0.1, 0.15) is 0 Å². The number of carbonyl (C=O) groups is 1. The second kappa shape index (κ2) is 9.71. The van der Waals surface area contributed by atoms with Crippen LogP contribution in [-0.4, -0.2) is 26.8 Å². The SMILES string of the molecule is CC#CCn1c(C2CCCN2C(=O)c2ccc(C)c([N+](=O)[O-])c2)c(-c2ccccc2)c2ccccc21. The second-order valence-electron chi connectivity index (χ2n) is 9.07. The molecule has 1 atom stereocenters. The molecule has 180 valence electrons. The van der Waals surface area contributed by atoms with E-state index in [0.29, 0.717) is 24.2 Å². The number of hydrogen-bond donors (Lipinski definition) is 0. The average molecular weight is 478 g/mol. The van der Waals surface area contributed by atoms with E-state index in [9.17, 15) is 14.9 Å². The maximum atomic E-state index is 13.8. The van der Waals surface area contributed by atoms with Gasteiger partial charge in [-0.25, -0.2) is 0 Å². The predicted molar refractivity (Wildman–Crippen MR) is 142 cm³/mol. The van der Waals surface area contributed by atoms with Crippen molar-refractivity contribution in [2.75, 3.05) is 6.54 Å². The minimum absolute atomic E-state index is 0.0334. The second-order valence-corrected chi connectivity index (χ2v) is 9.07. The third kappa shape index (κ3) is 4.03. The molecule has 0 aliphatic carbocycles. The summed E-state index contributed by atoms with van der Waals surface area (Å²) in [6.07, 6.45) is 1.68. The summed E-state index contributed by atoms with van der Waals surface area (Å²) >= 11 is 0. The van der Waals surface area contributed by atoms with Gasteiger partial charge in [-0.15, -0.1) is 5.92 Å². The molecule has 5 rings (SSSR count). The number of aryl methyl sites for hydroxylation is 1. The Balaban J connectivity index is 1.69. The molecule has 3 aromatic carbocycles. The largest absolute Gasteiger partial charge is 0.330 e. The van der Waals surface area contributed by atoms with Crippen molar-refractivity contribution in [2.45, 2.75) is 39.3 Å². The zero-order valence-electron chi connectivity index (χ0n) is 20.4. The highest BCUT2D eigenvalue weighted by molar-refractivity contribution is 6.00. The number of hydrogen-bond acceptors (Lipinski definition) is 3. The molecule has 1 fully saturated rings. The number of fused-ring (bicyclic) bond motifs is 1. The molecule has 1 aromatic heterocycles. The number of likely N-dealkylation sites (tertiary alicyclic amines) is 1. The molecule has 1 saturated heterocycles. The van der Waals surface area contributed by atoms with E-state index in [1.165, 1.54) is 6.07 Å². The quantitative estimate of drug-likeness (QED) is 0.187. The fraction of sp³-hybridized carbons (Fsp3) is 0.233. The van der Waals surface area contributed by atoms with Crippen LogP contribution in [0.2, 0.25) is 0 Å². The van der Waals surface area contributed by atoms with E-state index in [0.717, 1.165) is 40.6 Å². The molecular weight excluding hydrogens is 450 g/mol. The van der Waals surface area contributed by atoms with Crippen LogP contribution < -0.4 is 0 Å². The van der Waals surface area contributed by atoms with E-state index in [2.05, 4.69) is 40.7 Å². The molecule has 1 amide bonds. The smallest absolute Gasteiger partial charge is 0.273 e. The maximum absolute atomic E-state index is 13.8. The van der Waals surface area contributed by atoms with Crippen molar-refractivity contribution >= 4 is 22.5 Å². The van der Waals surface area contributed by atoms with Crippen LogP contribution in [-0.2, 0) is 6.54 Å². The monoisotopic (exact) mass is 477 g/mol. The van der Waals surface area contributed by atoms with E-state index in [1.807, 2.05) is 42.2 Å². The minimum atomic E-state index is -0.428. The van der Waals surface area contributed by atoms with Crippen molar-refractivity contribution in [1.29, 1.82) is 0 Å². The fourth-order valence-electron chi connectivity index (χ4n) is 5.31. The van der Waals surface area contributed by atoms with Crippen molar-refractivity contribution in [3.8, 4) is 23.0 Å². The van der Waals surface area contributed by atoms with Gasteiger partial charge in [0.2, 0.25) is 0 Å². The number of rotatable bonds is 5. The van der Waals surface area contributed by atoms with E-state index in [-0.39, 0.29) is 17.6 Å². The van der Waals surface area contributed by atoms with Crippen LogP contribution >= 0.6 is 0 Å². The number of nitro benzene ring substituents is 1. The number of aromatic nitrogens is 1. The molecule has 1 aliphatic heterocycles. The first-order valence-electron chi connectivity index (χ1n) is 12.1. The van der Waals surface area contributed by atoms with Gasteiger partial charge in [0.15, 0.2) is 0 Å². The maximum Gasteiger partial charge on any atom is 0.273 e. The molecule has 36 heavy (non-hydrogen) atoms. The molecule has 0 N–H and O–H groups in total. The fourth-order valence-corrected chi connectivity index (χ4v) is 5.31. The van der Waals surface area contributed by atoms with Gasteiger partial charge in [-0.2, -0.15) is 0 Å². The molecular formula is C30H27N3O3. The summed E-state index contributed by atoms with van der Waals surface area (Å²) in [6, 6.07) is 23.1. The van der Waals surface area contributed by atoms with Crippen molar-refractivity contribution < 1.29 is 9.72 Å². The molecule has 4 aromatic rings. The highest BCUT2D eigenvalue weighted by atomic mass is 16.6. The molecule has 0 radical (unpaired) electrons. The first-order valence-corrected chi connectivity index (χ1v) is 12.1. The van der Waals surface area contributed by atoms with Gasteiger partial charge in [-0.3, -0.25) is 14.9 Å². The Morgan fingerprint density at radius 3 is 2.58 bits per heavy atom. The van der Waals surface area contributed by atoms with E-state index >= 15 is 0 Å². The lowest BCUT2D eigenvalue weighted by Crippen LogP contribution is -2.32. The Labute approximate surface area is 210 Å². The molecule has 1 unspecified atom stereocenters. The van der Waals surface area contributed by atoms with Crippen LogP contribution in [0.3, 0.4) is 0 Å². The van der Waals surface area contributed by atoms with E-state index < -0.39 is 4.92 Å². The molecule has 0 bridgehead atoms. The van der Waals surface area contributed by atoms with Crippen molar-refractivity contribution in [3.63, 3.8) is 0 Å². The lowest BCUT2D eigenvalue weighted by atomic mass is 9.97. The summed E-state index contributed by atoms with van der Waals surface area (Å²) in [5.74, 6) is 6.05. The number of benzene rings is 3. The summed E-state index contributed by atoms with van der Waals surface area (Å²) in [5.41, 5.74) is 5.21. The van der Waals surface area contributed by atoms with Gasteiger partial charge in [0.05, 0.1) is 23.2 Å². The number of nitro groups is 1. The van der Waals surface area contributed by atoms with Crippen molar-refractivity contribution in [1.82, 2.24) is 9.47 Å². The third-order valence-corrected chi connectivity index (χ3v) is 6.97.